The molecule has 0 aliphatic rings. The molecule has 5 nitrogen and oxygen atoms in total. The number of unbranched alkanes of at least 4 members (excludes halogenated alkanes) is 3. The van der Waals surface area contributed by atoms with E-state index in [4.69, 9.17) is 0 Å². The summed E-state index contributed by atoms with van der Waals surface area (Å²) >= 11 is 0. The van der Waals surface area contributed by atoms with E-state index in [1.807, 2.05) is 6.92 Å². The molecule has 1 rings (SSSR count). The Hall–Kier alpha value is -1.37. The predicted molar refractivity (Wildman–Crippen MR) is 77.3 cm³/mol. The molecule has 0 unspecified atom stereocenters. The van der Waals surface area contributed by atoms with E-state index in [0.29, 0.717) is 17.4 Å². The molecular weight excluding hydrogens is 412 g/mol. The molecule has 13 heteroatoms. The quantitative estimate of drug-likeness (QED) is 0.380. The molecule has 0 fully saturated rings. The van der Waals surface area contributed by atoms with Crippen LogP contribution in [-0.2, 0) is 26.2 Å². The number of halogens is 6. The van der Waals surface area contributed by atoms with E-state index in [-0.39, 0.29) is 19.0 Å². The van der Waals surface area contributed by atoms with Crippen LogP contribution in [-0.4, -0.2) is 27.9 Å². The van der Waals surface area contributed by atoms with Crippen molar-refractivity contribution >= 4 is 19.7 Å². The summed E-state index contributed by atoms with van der Waals surface area (Å²) in [7, 11) is -12.6. The highest BCUT2D eigenvalue weighted by Crippen LogP contribution is 2.37. The van der Waals surface area contributed by atoms with E-state index < -0.39 is 40.6 Å². The fraction of sp³-hybridized carbons (Fsp3) is 0.615. The summed E-state index contributed by atoms with van der Waals surface area (Å²) in [6.45, 7) is 1.45. The number of aryl methyl sites for hydroxylation is 1. The van der Waals surface area contributed by atoms with Gasteiger partial charge < -0.3 is 0 Å². The number of nitrogens with zero attached hydrogens (tertiary/aromatic N) is 1. The number of alkyl halides is 6. The summed E-state index contributed by atoms with van der Waals surface area (Å²) in [5.74, 6) is 0. The first-order valence-corrected chi connectivity index (χ1v) is 10.3. The molecule has 26 heavy (non-hydrogen) atoms. The maximum atomic E-state index is 12.9. The lowest BCUT2D eigenvalue weighted by Crippen LogP contribution is -2.45. The Morgan fingerprint density at radius 2 is 1.42 bits per heavy atom. The van der Waals surface area contributed by atoms with Crippen molar-refractivity contribution < 1.29 is 47.7 Å². The Labute approximate surface area is 146 Å². The molecule has 1 heterocycles. The van der Waals surface area contributed by atoms with Gasteiger partial charge in [0.25, 0.3) is 9.84 Å². The summed E-state index contributed by atoms with van der Waals surface area (Å²) in [6.07, 6.45) is 2.86. The van der Waals surface area contributed by atoms with Gasteiger partial charge in [0.15, 0.2) is 11.1 Å². The number of hydrogen-bond donors (Lipinski definition) is 0. The minimum absolute atomic E-state index is 0.161. The summed E-state index contributed by atoms with van der Waals surface area (Å²) < 4.78 is 124. The van der Waals surface area contributed by atoms with Crippen LogP contribution in [0.1, 0.15) is 32.6 Å². The lowest BCUT2D eigenvalue weighted by molar-refractivity contribution is -0.737. The first-order chi connectivity index (χ1) is 11.7. The normalized spacial score (nSPS) is 13.8. The van der Waals surface area contributed by atoms with Gasteiger partial charge in [-0.1, -0.05) is 19.8 Å². The van der Waals surface area contributed by atoms with Crippen molar-refractivity contribution in [3.63, 3.8) is 0 Å². The zero-order chi connectivity index (χ0) is 20.4. The van der Waals surface area contributed by atoms with Crippen molar-refractivity contribution in [1.29, 1.82) is 0 Å². The molecule has 0 aromatic carbocycles. The van der Waals surface area contributed by atoms with Crippen LogP contribution in [0.3, 0.4) is 0 Å². The smallest absolute Gasteiger partial charge is 0.214 e. The number of pyridine rings is 1. The third-order valence-corrected chi connectivity index (χ3v) is 6.61. The van der Waals surface area contributed by atoms with Crippen LogP contribution in [0.15, 0.2) is 28.3 Å². The average molecular weight is 428 g/mol. The third-order valence-electron chi connectivity index (χ3n) is 3.39. The second kappa shape index (κ2) is 7.71. The summed E-state index contributed by atoms with van der Waals surface area (Å²) in [5, 5.41) is -1.93. The van der Waals surface area contributed by atoms with Crippen molar-refractivity contribution in [3.8, 4) is 0 Å². The zero-order valence-corrected chi connectivity index (χ0v) is 15.1. The topological polar surface area (TPSA) is 72.2 Å². The van der Waals surface area contributed by atoms with Crippen molar-refractivity contribution in [3.05, 3.63) is 18.3 Å². The van der Waals surface area contributed by atoms with Gasteiger partial charge in [-0.15, -0.1) is 0 Å². The van der Waals surface area contributed by atoms with Crippen molar-refractivity contribution in [2.45, 2.75) is 60.1 Å². The van der Waals surface area contributed by atoms with Crippen molar-refractivity contribution in [2.75, 3.05) is 0 Å². The molecule has 0 radical (unpaired) electrons. The van der Waals surface area contributed by atoms with Gasteiger partial charge in [-0.3, -0.25) is 0 Å². The fourth-order valence-electron chi connectivity index (χ4n) is 2.13. The molecule has 0 aliphatic heterocycles. The predicted octanol–water partition coefficient (Wildman–Crippen LogP) is 3.14. The molecule has 0 saturated heterocycles. The van der Waals surface area contributed by atoms with Gasteiger partial charge in [0.2, 0.25) is 0 Å². The molecule has 0 saturated carbocycles. The van der Waals surface area contributed by atoms with Gasteiger partial charge in [0.05, 0.1) is 0 Å². The molecule has 0 spiro atoms. The summed E-state index contributed by atoms with van der Waals surface area (Å²) in [5.41, 5.74) is -11.9. The van der Waals surface area contributed by atoms with Crippen molar-refractivity contribution in [2.24, 2.45) is 0 Å². The molecule has 0 aliphatic carbocycles. The van der Waals surface area contributed by atoms with Gasteiger partial charge in [-0.05, 0) is 12.5 Å². The van der Waals surface area contributed by atoms with Crippen molar-refractivity contribution in [1.82, 2.24) is 0 Å². The van der Waals surface area contributed by atoms with E-state index in [1.54, 1.807) is 0 Å². The van der Waals surface area contributed by atoms with E-state index in [9.17, 15) is 43.2 Å². The fourth-order valence-corrected chi connectivity index (χ4v) is 4.65. The van der Waals surface area contributed by atoms with Gasteiger partial charge >= 0.3 is 25.9 Å². The van der Waals surface area contributed by atoms with E-state index >= 15 is 0 Å². The maximum absolute atomic E-state index is 12.9. The van der Waals surface area contributed by atoms with Crippen LogP contribution in [0.5, 0.6) is 0 Å². The SMILES string of the molecule is CCCCCC[n+]1cccc(S(=O)(=O)C(F)(F)F)c1S(=O)(=O)C(F)(F)F. The van der Waals surface area contributed by atoms with Crippen LogP contribution in [0.4, 0.5) is 26.3 Å². The van der Waals surface area contributed by atoms with Gasteiger partial charge in [0.1, 0.15) is 6.54 Å². The average Bonchev–Trinajstić information content (AvgIpc) is 2.49. The monoisotopic (exact) mass is 428 g/mol. The first kappa shape index (κ1) is 22.7. The highest BCUT2D eigenvalue weighted by Gasteiger charge is 2.58. The Morgan fingerprint density at radius 1 is 0.885 bits per heavy atom. The Balaban J connectivity index is 3.69. The second-order valence-electron chi connectivity index (χ2n) is 5.33. The number of hydrogen-bond acceptors (Lipinski definition) is 4. The molecule has 0 amide bonds. The largest absolute Gasteiger partial charge is 0.507 e. The van der Waals surface area contributed by atoms with Crippen LogP contribution >= 0.6 is 0 Å². The van der Waals surface area contributed by atoms with Crippen LogP contribution in [0, 0.1) is 0 Å². The standard InChI is InChI=1S/C13H16F6NO4S2/c1-2-3-4-5-8-20-9-6-7-10(25(21,22)12(14,15)16)11(20)26(23,24)13(17,18)19/h6-7,9H,2-5,8H2,1H3/q+1. The molecule has 0 bridgehead atoms. The van der Waals surface area contributed by atoms with E-state index in [0.717, 1.165) is 18.7 Å². The minimum atomic E-state index is -6.34. The zero-order valence-electron chi connectivity index (χ0n) is 13.4. The Morgan fingerprint density at radius 3 is 1.88 bits per heavy atom. The van der Waals surface area contributed by atoms with Gasteiger partial charge in [0, 0.05) is 12.5 Å². The highest BCUT2D eigenvalue weighted by molar-refractivity contribution is 7.95. The molecule has 1 aromatic rings. The van der Waals surface area contributed by atoms with Gasteiger partial charge in [-0.2, -0.15) is 30.9 Å². The molecule has 0 atom stereocenters. The lowest BCUT2D eigenvalue weighted by Gasteiger charge is -2.13. The number of sulfone groups is 2. The molecule has 150 valence electrons. The van der Waals surface area contributed by atoms with E-state index in [1.165, 1.54) is 0 Å². The lowest BCUT2D eigenvalue weighted by atomic mass is 10.2. The minimum Gasteiger partial charge on any atom is -0.214 e. The first-order valence-electron chi connectivity index (χ1n) is 7.33. The third kappa shape index (κ3) is 4.48. The van der Waals surface area contributed by atoms with Crippen LogP contribution in [0.25, 0.3) is 0 Å². The van der Waals surface area contributed by atoms with E-state index in [2.05, 4.69) is 0 Å². The van der Waals surface area contributed by atoms with Gasteiger partial charge in [-0.25, -0.2) is 16.8 Å². The molecular formula is C13H16F6NO4S2+. The molecule has 0 N–H and O–H groups in total. The number of aromatic nitrogens is 1. The summed E-state index contributed by atoms with van der Waals surface area (Å²) in [6, 6.07) is 0.956. The Bertz CT molecular complexity index is 844. The second-order valence-corrected chi connectivity index (χ2v) is 9.10. The van der Waals surface area contributed by atoms with Crippen LogP contribution in [0.2, 0.25) is 0 Å². The number of rotatable bonds is 7. The highest BCUT2D eigenvalue weighted by atomic mass is 32.2. The maximum Gasteiger partial charge on any atom is 0.507 e. The Kier molecular flexibility index (Phi) is 6.72. The van der Waals surface area contributed by atoms with Crippen LogP contribution < -0.4 is 4.57 Å². The summed E-state index contributed by atoms with van der Waals surface area (Å²) in [4.78, 5) is -1.94. The molecule has 1 aromatic heterocycles.